The van der Waals surface area contributed by atoms with Crippen molar-refractivity contribution in [2.45, 2.75) is 49.4 Å². The monoisotopic (exact) mass is 327 g/mol. The minimum atomic E-state index is -4.48. The molecule has 2 heterocycles. The Bertz CT molecular complexity index is 434. The smallest absolute Gasteiger partial charge is 0.394 e. The van der Waals surface area contributed by atoms with E-state index in [1.165, 1.54) is 0 Å². The second kappa shape index (κ2) is 6.19. The molecule has 5 N–H and O–H groups in total. The van der Waals surface area contributed by atoms with Crippen molar-refractivity contribution in [2.75, 3.05) is 19.8 Å². The number of nitrogens with one attached hydrogen (secondary N) is 2. The zero-order valence-electron chi connectivity index (χ0n) is 12.0. The van der Waals surface area contributed by atoms with Crippen molar-refractivity contribution in [2.24, 2.45) is 4.99 Å². The Hall–Kier alpha value is -1.10. The summed E-state index contributed by atoms with van der Waals surface area (Å²) in [6.45, 7) is 0.538. The first-order chi connectivity index (χ1) is 10.2. The number of guanidine groups is 1. The minimum absolute atomic E-state index is 0.0765. The lowest BCUT2D eigenvalue weighted by molar-refractivity contribution is -0.182. The van der Waals surface area contributed by atoms with Crippen LogP contribution in [0, 0.1) is 0 Å². The van der Waals surface area contributed by atoms with Gasteiger partial charge in [0.2, 0.25) is 0 Å². The van der Waals surface area contributed by atoms with Gasteiger partial charge in [0, 0.05) is 6.54 Å². The molecule has 2 aliphatic heterocycles. The number of rotatable bonds is 2. The first kappa shape index (κ1) is 17.3. The number of hydrogen-bond acceptors (Lipinski definition) is 7. The number of nitrogens with zero attached hydrogens (tertiary/aromatic N) is 1. The van der Waals surface area contributed by atoms with Gasteiger partial charge in [-0.3, -0.25) is 0 Å². The molecule has 22 heavy (non-hydrogen) atoms. The molecule has 0 aromatic carbocycles. The Morgan fingerprint density at radius 2 is 2.09 bits per heavy atom. The van der Waals surface area contributed by atoms with Crippen molar-refractivity contribution < 1.29 is 33.2 Å². The van der Waals surface area contributed by atoms with E-state index in [0.717, 1.165) is 6.92 Å². The number of alkyl halides is 3. The normalized spacial score (nSPS) is 39.9. The molecule has 0 radical (unpaired) electrons. The molecule has 0 aromatic rings. The summed E-state index contributed by atoms with van der Waals surface area (Å²) in [7, 11) is 0. The maximum Gasteiger partial charge on any atom is 0.413 e. The minimum Gasteiger partial charge on any atom is -0.394 e. The summed E-state index contributed by atoms with van der Waals surface area (Å²) >= 11 is 0. The third kappa shape index (κ3) is 3.29. The molecular weight excluding hydrogens is 307 g/mol. The van der Waals surface area contributed by atoms with Crippen molar-refractivity contribution in [1.29, 1.82) is 0 Å². The quantitative estimate of drug-likeness (QED) is 0.433. The van der Waals surface area contributed by atoms with E-state index in [4.69, 9.17) is 9.84 Å². The van der Waals surface area contributed by atoms with Crippen LogP contribution in [0.3, 0.4) is 0 Å². The number of aliphatic hydroxyl groups excluding tert-OH is 3. The molecule has 2 aliphatic rings. The molecule has 2 rings (SSSR count). The van der Waals surface area contributed by atoms with Gasteiger partial charge in [-0.25, -0.2) is 4.99 Å². The van der Waals surface area contributed by atoms with E-state index in [2.05, 4.69) is 15.6 Å². The van der Waals surface area contributed by atoms with Gasteiger partial charge in [-0.05, 0) is 13.3 Å². The van der Waals surface area contributed by atoms with Crippen LogP contribution < -0.4 is 10.6 Å². The molecule has 1 fully saturated rings. The SMILES string of the molecule is CC1(C(F)(F)F)CCNC(N[C@@H]2CO[C@H](CO)[C@H](O)[C@@H]2O)=N1. The van der Waals surface area contributed by atoms with Crippen molar-refractivity contribution in [3.8, 4) is 0 Å². The van der Waals surface area contributed by atoms with Gasteiger partial charge in [0.25, 0.3) is 0 Å². The predicted octanol–water partition coefficient (Wildman–Crippen LogP) is -1.27. The Balaban J connectivity index is 2.07. The second-order valence-electron chi connectivity index (χ2n) is 5.70. The van der Waals surface area contributed by atoms with Gasteiger partial charge in [-0.2, -0.15) is 13.2 Å². The van der Waals surface area contributed by atoms with Crippen LogP contribution in [-0.2, 0) is 4.74 Å². The maximum atomic E-state index is 13.0. The lowest BCUT2D eigenvalue weighted by Crippen LogP contribution is -2.63. The molecular formula is C12H20F3N3O4. The molecule has 0 amide bonds. The molecule has 0 bridgehead atoms. The number of aliphatic imine (C=N–C) groups is 1. The molecule has 5 atom stereocenters. The lowest BCUT2D eigenvalue weighted by atomic mass is 9.96. The maximum absolute atomic E-state index is 13.0. The Morgan fingerprint density at radius 1 is 1.41 bits per heavy atom. The standard InChI is InChI=1S/C12H20F3N3O4/c1-11(12(13,14)15)2-3-16-10(18-11)17-6-5-22-7(4-19)9(21)8(6)20/h6-9,19-21H,2-5H2,1H3,(H2,16,17,18)/t6-,7-,8-,9+,11?/m1/s1. The van der Waals surface area contributed by atoms with E-state index in [-0.39, 0.29) is 25.5 Å². The van der Waals surface area contributed by atoms with Crippen LogP contribution in [0.5, 0.6) is 0 Å². The fraction of sp³-hybridized carbons (Fsp3) is 0.917. The summed E-state index contributed by atoms with van der Waals surface area (Å²) in [6, 6.07) is -0.834. The summed E-state index contributed by atoms with van der Waals surface area (Å²) < 4.78 is 44.2. The first-order valence-electron chi connectivity index (χ1n) is 6.93. The lowest BCUT2D eigenvalue weighted by Gasteiger charge is -2.39. The van der Waals surface area contributed by atoms with E-state index in [1.807, 2.05) is 0 Å². The van der Waals surface area contributed by atoms with Crippen LogP contribution in [0.2, 0.25) is 0 Å². The van der Waals surface area contributed by atoms with Gasteiger partial charge in [-0.1, -0.05) is 0 Å². The van der Waals surface area contributed by atoms with Gasteiger partial charge >= 0.3 is 6.18 Å². The van der Waals surface area contributed by atoms with Crippen molar-refractivity contribution in [1.82, 2.24) is 10.6 Å². The second-order valence-corrected chi connectivity index (χ2v) is 5.70. The van der Waals surface area contributed by atoms with Crippen molar-refractivity contribution in [3.63, 3.8) is 0 Å². The molecule has 128 valence electrons. The topological polar surface area (TPSA) is 106 Å². The van der Waals surface area contributed by atoms with E-state index < -0.39 is 42.7 Å². The van der Waals surface area contributed by atoms with Gasteiger partial charge in [-0.15, -0.1) is 0 Å². The van der Waals surface area contributed by atoms with Gasteiger partial charge in [0.05, 0.1) is 19.3 Å². The number of hydrogen-bond donors (Lipinski definition) is 5. The zero-order chi connectivity index (χ0) is 16.5. The van der Waals surface area contributed by atoms with Crippen LogP contribution >= 0.6 is 0 Å². The Morgan fingerprint density at radius 3 is 2.68 bits per heavy atom. The molecule has 1 saturated heterocycles. The van der Waals surface area contributed by atoms with E-state index >= 15 is 0 Å². The predicted molar refractivity (Wildman–Crippen MR) is 70.3 cm³/mol. The number of ether oxygens (including phenoxy) is 1. The highest BCUT2D eigenvalue weighted by Gasteiger charge is 2.52. The average Bonchev–Trinajstić information content (AvgIpc) is 2.43. The summed E-state index contributed by atoms with van der Waals surface area (Å²) in [5.41, 5.74) is -2.20. The van der Waals surface area contributed by atoms with Gasteiger partial charge in [0.15, 0.2) is 11.5 Å². The van der Waals surface area contributed by atoms with Crippen LogP contribution in [0.15, 0.2) is 4.99 Å². The Kier molecular flexibility index (Phi) is 4.85. The van der Waals surface area contributed by atoms with Crippen LogP contribution in [0.25, 0.3) is 0 Å². The number of aliphatic hydroxyl groups is 3. The first-order valence-corrected chi connectivity index (χ1v) is 6.93. The zero-order valence-corrected chi connectivity index (χ0v) is 12.0. The summed E-state index contributed by atoms with van der Waals surface area (Å²) in [5, 5.41) is 34.0. The summed E-state index contributed by atoms with van der Waals surface area (Å²) in [5.74, 6) is -0.103. The van der Waals surface area contributed by atoms with Gasteiger partial charge in [0.1, 0.15) is 18.3 Å². The molecule has 1 unspecified atom stereocenters. The third-order valence-corrected chi connectivity index (χ3v) is 4.01. The molecule has 0 spiro atoms. The Labute approximate surface area is 125 Å². The molecule has 7 nitrogen and oxygen atoms in total. The molecule has 10 heteroatoms. The van der Waals surface area contributed by atoms with E-state index in [1.54, 1.807) is 0 Å². The number of halogens is 3. The summed E-state index contributed by atoms with van der Waals surface area (Å²) in [6.07, 6.45) is -8.23. The van der Waals surface area contributed by atoms with Gasteiger partial charge < -0.3 is 30.7 Å². The van der Waals surface area contributed by atoms with E-state index in [9.17, 15) is 23.4 Å². The molecule has 0 aliphatic carbocycles. The molecule has 0 aromatic heterocycles. The summed E-state index contributed by atoms with van der Waals surface area (Å²) in [4.78, 5) is 3.65. The third-order valence-electron chi connectivity index (χ3n) is 4.01. The van der Waals surface area contributed by atoms with Crippen LogP contribution in [0.1, 0.15) is 13.3 Å². The highest BCUT2D eigenvalue weighted by molar-refractivity contribution is 5.81. The highest BCUT2D eigenvalue weighted by Crippen LogP contribution is 2.37. The van der Waals surface area contributed by atoms with Crippen molar-refractivity contribution in [3.05, 3.63) is 0 Å². The fourth-order valence-corrected chi connectivity index (χ4v) is 2.40. The highest BCUT2D eigenvalue weighted by atomic mass is 19.4. The largest absolute Gasteiger partial charge is 0.413 e. The van der Waals surface area contributed by atoms with E-state index in [0.29, 0.717) is 0 Å². The van der Waals surface area contributed by atoms with Crippen LogP contribution in [-0.4, -0.2) is 77.1 Å². The average molecular weight is 327 g/mol. The molecule has 0 saturated carbocycles. The van der Waals surface area contributed by atoms with Crippen LogP contribution in [0.4, 0.5) is 13.2 Å². The fourth-order valence-electron chi connectivity index (χ4n) is 2.40. The van der Waals surface area contributed by atoms with Crippen molar-refractivity contribution >= 4 is 5.96 Å².